The number of hydrogen-bond donors (Lipinski definition) is 1. The molecule has 2 aliphatic rings. The van der Waals surface area contributed by atoms with Crippen LogP contribution >= 0.6 is 0 Å². The van der Waals surface area contributed by atoms with Crippen LogP contribution in [0.4, 0.5) is 5.69 Å². The number of carbonyl (C=O) groups excluding carboxylic acids is 1. The predicted octanol–water partition coefficient (Wildman–Crippen LogP) is 1.79. The van der Waals surface area contributed by atoms with Crippen LogP contribution < -0.4 is 10.8 Å². The molecule has 0 aromatic heterocycles. The second-order valence-corrected chi connectivity index (χ2v) is 6.63. The molecule has 1 amide bonds. The monoisotopic (exact) mass is 273 g/mol. The SMILES string of the molecule is Cc1c(B2OC(C)(C)C(C)(C)O2)ccc2c1NC(=O)C2. The van der Waals surface area contributed by atoms with Gasteiger partial charge in [-0.25, -0.2) is 0 Å². The van der Waals surface area contributed by atoms with E-state index < -0.39 is 0 Å². The van der Waals surface area contributed by atoms with E-state index in [2.05, 4.69) is 5.32 Å². The van der Waals surface area contributed by atoms with E-state index in [1.807, 2.05) is 46.8 Å². The number of nitrogens with one attached hydrogen (secondary N) is 1. The van der Waals surface area contributed by atoms with Crippen molar-refractivity contribution in [1.29, 1.82) is 0 Å². The highest BCUT2D eigenvalue weighted by atomic mass is 16.7. The third kappa shape index (κ3) is 1.88. The maximum atomic E-state index is 11.5. The second-order valence-electron chi connectivity index (χ2n) is 6.63. The minimum Gasteiger partial charge on any atom is -0.399 e. The summed E-state index contributed by atoms with van der Waals surface area (Å²) in [7, 11) is -0.386. The van der Waals surface area contributed by atoms with Crippen molar-refractivity contribution in [3.05, 3.63) is 23.3 Å². The molecule has 1 fully saturated rings. The summed E-state index contributed by atoms with van der Waals surface area (Å²) in [6.07, 6.45) is 0.458. The number of amides is 1. The molecule has 0 saturated carbocycles. The maximum Gasteiger partial charge on any atom is 0.495 e. The average molecular weight is 273 g/mol. The lowest BCUT2D eigenvalue weighted by molar-refractivity contribution is -0.115. The lowest BCUT2D eigenvalue weighted by Crippen LogP contribution is -2.41. The van der Waals surface area contributed by atoms with Crippen molar-refractivity contribution >= 4 is 24.2 Å². The Morgan fingerprint density at radius 1 is 1.15 bits per heavy atom. The van der Waals surface area contributed by atoms with E-state index in [4.69, 9.17) is 9.31 Å². The summed E-state index contributed by atoms with van der Waals surface area (Å²) in [5.74, 6) is 0.0502. The molecule has 2 heterocycles. The summed E-state index contributed by atoms with van der Waals surface area (Å²) >= 11 is 0. The Morgan fingerprint density at radius 2 is 1.75 bits per heavy atom. The fourth-order valence-electron chi connectivity index (χ4n) is 2.69. The van der Waals surface area contributed by atoms with Gasteiger partial charge in [-0.05, 0) is 51.2 Å². The van der Waals surface area contributed by atoms with Crippen molar-refractivity contribution in [3.8, 4) is 0 Å². The van der Waals surface area contributed by atoms with E-state index in [9.17, 15) is 4.79 Å². The first kappa shape index (κ1) is 13.6. The molecule has 2 aliphatic heterocycles. The fourth-order valence-corrected chi connectivity index (χ4v) is 2.69. The molecule has 1 N–H and O–H groups in total. The molecule has 4 nitrogen and oxygen atoms in total. The summed E-state index contributed by atoms with van der Waals surface area (Å²) in [4.78, 5) is 11.5. The normalized spacial score (nSPS) is 22.9. The van der Waals surface area contributed by atoms with Crippen LogP contribution in [-0.4, -0.2) is 24.2 Å². The van der Waals surface area contributed by atoms with Crippen LogP contribution in [0.5, 0.6) is 0 Å². The van der Waals surface area contributed by atoms with Gasteiger partial charge in [-0.1, -0.05) is 12.1 Å². The van der Waals surface area contributed by atoms with Crippen molar-refractivity contribution in [3.63, 3.8) is 0 Å². The summed E-state index contributed by atoms with van der Waals surface area (Å²) in [5, 5.41) is 2.92. The van der Waals surface area contributed by atoms with Crippen molar-refractivity contribution in [2.75, 3.05) is 5.32 Å². The van der Waals surface area contributed by atoms with Crippen LogP contribution in [0, 0.1) is 6.92 Å². The van der Waals surface area contributed by atoms with Crippen LogP contribution in [0.1, 0.15) is 38.8 Å². The maximum absolute atomic E-state index is 11.5. The molecular formula is C15H20BNO3. The van der Waals surface area contributed by atoms with Crippen LogP contribution in [0.15, 0.2) is 12.1 Å². The molecule has 0 aliphatic carbocycles. The summed E-state index contributed by atoms with van der Waals surface area (Å²) in [5.41, 5.74) is 3.28. The molecule has 1 aromatic carbocycles. The molecule has 0 radical (unpaired) electrons. The van der Waals surface area contributed by atoms with Gasteiger partial charge in [-0.3, -0.25) is 4.79 Å². The minimum absolute atomic E-state index is 0.0502. The van der Waals surface area contributed by atoms with Gasteiger partial charge in [0.05, 0.1) is 17.6 Å². The Labute approximate surface area is 120 Å². The number of fused-ring (bicyclic) bond motifs is 1. The second kappa shape index (κ2) is 4.09. The first-order chi connectivity index (χ1) is 9.21. The largest absolute Gasteiger partial charge is 0.495 e. The Bertz CT molecular complexity index is 579. The van der Waals surface area contributed by atoms with Gasteiger partial charge in [-0.2, -0.15) is 0 Å². The summed E-state index contributed by atoms with van der Waals surface area (Å²) in [6, 6.07) is 4.00. The zero-order chi connectivity index (χ0) is 14.7. The Hall–Kier alpha value is -1.33. The topological polar surface area (TPSA) is 47.6 Å². The molecule has 0 unspecified atom stereocenters. The molecule has 0 atom stereocenters. The molecule has 20 heavy (non-hydrogen) atoms. The third-order valence-electron chi connectivity index (χ3n) is 4.72. The van der Waals surface area contributed by atoms with Gasteiger partial charge >= 0.3 is 7.12 Å². The number of benzene rings is 1. The van der Waals surface area contributed by atoms with Gasteiger partial charge < -0.3 is 14.6 Å². The number of rotatable bonds is 1. The van der Waals surface area contributed by atoms with E-state index in [1.165, 1.54) is 0 Å². The van der Waals surface area contributed by atoms with Crippen LogP contribution in [0.3, 0.4) is 0 Å². The molecule has 5 heteroatoms. The quantitative estimate of drug-likeness (QED) is 0.793. The molecule has 1 aromatic rings. The van der Waals surface area contributed by atoms with Gasteiger partial charge in [0.1, 0.15) is 0 Å². The van der Waals surface area contributed by atoms with Gasteiger partial charge in [0.2, 0.25) is 5.91 Å². The van der Waals surface area contributed by atoms with Crippen LogP contribution in [0.2, 0.25) is 0 Å². The summed E-state index contributed by atoms with van der Waals surface area (Å²) < 4.78 is 12.2. The zero-order valence-corrected chi connectivity index (χ0v) is 12.7. The van der Waals surface area contributed by atoms with Crippen molar-refractivity contribution in [1.82, 2.24) is 0 Å². The van der Waals surface area contributed by atoms with E-state index >= 15 is 0 Å². The highest BCUT2D eigenvalue weighted by Gasteiger charge is 2.52. The molecule has 0 spiro atoms. The average Bonchev–Trinajstić information content (AvgIpc) is 2.78. The highest BCUT2D eigenvalue weighted by Crippen LogP contribution is 2.37. The van der Waals surface area contributed by atoms with Gasteiger partial charge in [-0.15, -0.1) is 0 Å². The molecule has 106 valence electrons. The predicted molar refractivity (Wildman–Crippen MR) is 79.2 cm³/mol. The van der Waals surface area contributed by atoms with Crippen molar-refractivity contribution in [2.24, 2.45) is 0 Å². The third-order valence-corrected chi connectivity index (χ3v) is 4.72. The number of anilines is 1. The summed E-state index contributed by atoms with van der Waals surface area (Å²) in [6.45, 7) is 10.2. The van der Waals surface area contributed by atoms with E-state index in [-0.39, 0.29) is 24.2 Å². The van der Waals surface area contributed by atoms with Gasteiger partial charge in [0, 0.05) is 5.69 Å². The van der Waals surface area contributed by atoms with Gasteiger partial charge in [0.15, 0.2) is 0 Å². The van der Waals surface area contributed by atoms with E-state index in [0.29, 0.717) is 6.42 Å². The lowest BCUT2D eigenvalue weighted by atomic mass is 9.75. The lowest BCUT2D eigenvalue weighted by Gasteiger charge is -2.32. The zero-order valence-electron chi connectivity index (χ0n) is 12.7. The number of hydrogen-bond acceptors (Lipinski definition) is 3. The van der Waals surface area contributed by atoms with Gasteiger partial charge in [0.25, 0.3) is 0 Å². The molecular weight excluding hydrogens is 253 g/mol. The van der Waals surface area contributed by atoms with E-state index in [1.54, 1.807) is 0 Å². The minimum atomic E-state index is -0.386. The first-order valence-electron chi connectivity index (χ1n) is 6.99. The molecule has 0 bridgehead atoms. The van der Waals surface area contributed by atoms with Crippen molar-refractivity contribution < 1.29 is 14.1 Å². The standard InChI is InChI=1S/C15H20BNO3/c1-9-11(7-6-10-8-12(18)17-13(9)10)16-19-14(2,3)15(4,5)20-16/h6-7H,8H2,1-5H3,(H,17,18). The first-order valence-corrected chi connectivity index (χ1v) is 6.99. The Morgan fingerprint density at radius 3 is 2.35 bits per heavy atom. The fraction of sp³-hybridized carbons (Fsp3) is 0.533. The van der Waals surface area contributed by atoms with Crippen molar-refractivity contribution in [2.45, 2.75) is 52.2 Å². The van der Waals surface area contributed by atoms with Crippen LogP contribution in [-0.2, 0) is 20.5 Å². The Kier molecular flexibility index (Phi) is 2.79. The molecule has 1 saturated heterocycles. The molecule has 3 rings (SSSR count). The highest BCUT2D eigenvalue weighted by molar-refractivity contribution is 6.62. The smallest absolute Gasteiger partial charge is 0.399 e. The number of carbonyl (C=O) groups is 1. The van der Waals surface area contributed by atoms with Crippen LogP contribution in [0.25, 0.3) is 0 Å². The Balaban J connectivity index is 1.98. The van der Waals surface area contributed by atoms with E-state index in [0.717, 1.165) is 22.3 Å².